The number of rotatable bonds is 5. The fourth-order valence-corrected chi connectivity index (χ4v) is 6.66. The van der Waals surface area contributed by atoms with Gasteiger partial charge in [0.15, 0.2) is 6.10 Å². The molecule has 2 fully saturated rings. The number of hydrogen-bond acceptors (Lipinski definition) is 5. The third-order valence-corrected chi connectivity index (χ3v) is 8.71. The second kappa shape index (κ2) is 10.2. The van der Waals surface area contributed by atoms with Gasteiger partial charge in [0.1, 0.15) is 6.04 Å². The summed E-state index contributed by atoms with van der Waals surface area (Å²) in [4.78, 5) is 45.6. The number of carbonyl (C=O) groups excluding carboxylic acids is 3. The molecule has 3 aliphatic rings. The Bertz CT molecular complexity index is 1630. The first kappa shape index (κ1) is 25.5. The molecule has 0 saturated carbocycles. The predicted molar refractivity (Wildman–Crippen MR) is 160 cm³/mol. The molecule has 0 radical (unpaired) electrons. The molecule has 0 unspecified atom stereocenters. The van der Waals surface area contributed by atoms with Crippen LogP contribution in [-0.2, 0) is 19.1 Å². The van der Waals surface area contributed by atoms with Crippen molar-refractivity contribution >= 4 is 51.2 Å². The number of para-hydroxylation sites is 1. The average molecular weight is 605 g/mol. The molecule has 0 aromatic heterocycles. The smallest absolute Gasteiger partial charge is 0.330 e. The van der Waals surface area contributed by atoms with E-state index < -0.39 is 36.0 Å². The number of ether oxygens (including phenoxy) is 1. The highest BCUT2D eigenvalue weighted by atomic mass is 79.9. The number of hydrogen-bond donors (Lipinski definition) is 0. The molecule has 2 amide bonds. The predicted octanol–water partition coefficient (Wildman–Crippen LogP) is 6.17. The van der Waals surface area contributed by atoms with Crippen LogP contribution in [-0.4, -0.2) is 29.9 Å². The molecule has 0 bridgehead atoms. The first-order chi connectivity index (χ1) is 20.0. The van der Waals surface area contributed by atoms with E-state index in [0.29, 0.717) is 5.69 Å². The number of anilines is 2. The maximum absolute atomic E-state index is 14.4. The molecular formula is C34H25BrN2O4. The maximum Gasteiger partial charge on any atom is 0.330 e. The van der Waals surface area contributed by atoms with Crippen molar-refractivity contribution in [3.63, 3.8) is 0 Å². The van der Waals surface area contributed by atoms with Gasteiger partial charge in [0.2, 0.25) is 11.8 Å². The molecule has 4 atom stereocenters. The van der Waals surface area contributed by atoms with Crippen LogP contribution in [0.5, 0.6) is 0 Å². The Balaban J connectivity index is 1.32. The number of benzene rings is 4. The van der Waals surface area contributed by atoms with Gasteiger partial charge < -0.3 is 9.64 Å². The van der Waals surface area contributed by atoms with Crippen LogP contribution in [0.2, 0.25) is 0 Å². The number of imide groups is 1. The zero-order chi connectivity index (χ0) is 28.1. The van der Waals surface area contributed by atoms with Gasteiger partial charge in [-0.15, -0.1) is 0 Å². The van der Waals surface area contributed by atoms with Crippen molar-refractivity contribution in [2.45, 2.75) is 18.2 Å². The second-order valence-corrected chi connectivity index (χ2v) is 11.4. The van der Waals surface area contributed by atoms with Crippen molar-refractivity contribution in [1.29, 1.82) is 0 Å². The standard InChI is InChI=1S/C34H25BrN2O4/c35-24-16-18-25(19-17-24)36-32(38)28-27-20-15-21-9-7-8-14-26(21)37(27)30(29(28)33(36)39)34(40)41-31(22-10-3-1-4-11-22)23-12-5-2-6-13-23/h1-20,27-31H/t27-,28-,29+,30-/m1/s1. The number of esters is 1. The molecule has 7 heteroatoms. The van der Waals surface area contributed by atoms with E-state index in [1.54, 1.807) is 24.3 Å². The van der Waals surface area contributed by atoms with Gasteiger partial charge >= 0.3 is 5.97 Å². The van der Waals surface area contributed by atoms with E-state index in [2.05, 4.69) is 15.9 Å². The number of amides is 2. The lowest BCUT2D eigenvalue weighted by molar-refractivity contribution is -0.151. The third kappa shape index (κ3) is 4.19. The topological polar surface area (TPSA) is 66.9 Å². The minimum absolute atomic E-state index is 0.306. The summed E-state index contributed by atoms with van der Waals surface area (Å²) in [5.74, 6) is -2.85. The Morgan fingerprint density at radius 1 is 0.732 bits per heavy atom. The van der Waals surface area contributed by atoms with Crippen molar-refractivity contribution in [3.8, 4) is 0 Å². The van der Waals surface area contributed by atoms with Crippen LogP contribution in [0, 0.1) is 11.8 Å². The highest BCUT2D eigenvalue weighted by Crippen LogP contribution is 2.49. The van der Waals surface area contributed by atoms with Gasteiger partial charge in [0.25, 0.3) is 0 Å². The van der Waals surface area contributed by atoms with E-state index in [1.807, 2.05) is 102 Å². The van der Waals surface area contributed by atoms with Crippen molar-refractivity contribution in [1.82, 2.24) is 0 Å². The Morgan fingerprint density at radius 3 is 1.98 bits per heavy atom. The quantitative estimate of drug-likeness (QED) is 0.201. The summed E-state index contributed by atoms with van der Waals surface area (Å²) in [6.07, 6.45) is 3.24. The van der Waals surface area contributed by atoms with Gasteiger partial charge in [0.05, 0.1) is 23.6 Å². The van der Waals surface area contributed by atoms with E-state index >= 15 is 0 Å². The molecule has 2 saturated heterocycles. The molecule has 202 valence electrons. The van der Waals surface area contributed by atoms with E-state index in [-0.39, 0.29) is 11.8 Å². The van der Waals surface area contributed by atoms with E-state index in [4.69, 9.17) is 4.74 Å². The van der Waals surface area contributed by atoms with Crippen molar-refractivity contribution in [2.75, 3.05) is 9.80 Å². The summed E-state index contributed by atoms with van der Waals surface area (Å²) >= 11 is 3.42. The van der Waals surface area contributed by atoms with Crippen LogP contribution in [0.1, 0.15) is 22.8 Å². The molecule has 0 N–H and O–H groups in total. The average Bonchev–Trinajstić information content (AvgIpc) is 3.49. The number of halogens is 1. The molecular weight excluding hydrogens is 580 g/mol. The van der Waals surface area contributed by atoms with E-state index in [9.17, 15) is 14.4 Å². The van der Waals surface area contributed by atoms with E-state index in [0.717, 1.165) is 26.9 Å². The monoisotopic (exact) mass is 604 g/mol. The van der Waals surface area contributed by atoms with Crippen molar-refractivity contribution in [3.05, 3.63) is 136 Å². The summed E-state index contributed by atoms with van der Waals surface area (Å²) in [6, 6.07) is 32.5. The summed E-state index contributed by atoms with van der Waals surface area (Å²) < 4.78 is 7.17. The van der Waals surface area contributed by atoms with Crippen LogP contribution >= 0.6 is 15.9 Å². The highest BCUT2D eigenvalue weighted by Gasteiger charge is 2.65. The SMILES string of the molecule is O=C(OC(c1ccccc1)c1ccccc1)[C@H]1[C@H]2C(=O)N(c3ccc(Br)cc3)C(=O)[C@@H]2[C@H]2C=Cc3ccccc3N21. The number of nitrogens with zero attached hydrogens (tertiary/aromatic N) is 2. The lowest BCUT2D eigenvalue weighted by Crippen LogP contribution is -2.49. The normalized spacial score (nSPS) is 22.5. The molecule has 4 aromatic rings. The fraction of sp³-hybridized carbons (Fsp3) is 0.147. The highest BCUT2D eigenvalue weighted by molar-refractivity contribution is 9.10. The van der Waals surface area contributed by atoms with Crippen LogP contribution in [0.4, 0.5) is 11.4 Å². The van der Waals surface area contributed by atoms with E-state index in [1.165, 1.54) is 4.90 Å². The third-order valence-electron chi connectivity index (χ3n) is 8.18. The lowest BCUT2D eigenvalue weighted by atomic mass is 9.88. The molecule has 41 heavy (non-hydrogen) atoms. The first-order valence-corrected chi connectivity index (χ1v) is 14.3. The minimum Gasteiger partial charge on any atom is -0.451 e. The van der Waals surface area contributed by atoms with Gasteiger partial charge in [-0.05, 0) is 47.0 Å². The molecule has 3 heterocycles. The minimum atomic E-state index is -0.983. The maximum atomic E-state index is 14.4. The largest absolute Gasteiger partial charge is 0.451 e. The van der Waals surface area contributed by atoms with Crippen molar-refractivity contribution in [2.24, 2.45) is 11.8 Å². The van der Waals surface area contributed by atoms with Crippen LogP contribution < -0.4 is 9.80 Å². The Hall–Kier alpha value is -4.49. The molecule has 7 rings (SSSR count). The second-order valence-electron chi connectivity index (χ2n) is 10.4. The van der Waals surface area contributed by atoms with Gasteiger partial charge in [-0.25, -0.2) is 9.69 Å². The number of carbonyl (C=O) groups is 3. The molecule has 4 aromatic carbocycles. The molecule has 0 spiro atoms. The van der Waals surface area contributed by atoms with Gasteiger partial charge in [-0.1, -0.05) is 107 Å². The van der Waals surface area contributed by atoms with Gasteiger partial charge in [-0.3, -0.25) is 9.59 Å². The molecule has 3 aliphatic heterocycles. The fourth-order valence-electron chi connectivity index (χ4n) is 6.40. The zero-order valence-corrected chi connectivity index (χ0v) is 23.4. The van der Waals surface area contributed by atoms with Crippen molar-refractivity contribution < 1.29 is 19.1 Å². The Labute approximate surface area is 246 Å². The van der Waals surface area contributed by atoms with Crippen LogP contribution in [0.15, 0.2) is 120 Å². The molecule has 6 nitrogen and oxygen atoms in total. The number of fused-ring (bicyclic) bond motifs is 5. The van der Waals surface area contributed by atoms with Crippen LogP contribution in [0.25, 0.3) is 6.08 Å². The Kier molecular flexibility index (Phi) is 6.31. The van der Waals surface area contributed by atoms with Gasteiger partial charge in [-0.2, -0.15) is 0 Å². The summed E-state index contributed by atoms with van der Waals surface area (Å²) in [5, 5.41) is 0. The molecule has 0 aliphatic carbocycles. The first-order valence-electron chi connectivity index (χ1n) is 13.5. The van der Waals surface area contributed by atoms with Crippen LogP contribution in [0.3, 0.4) is 0 Å². The lowest BCUT2D eigenvalue weighted by Gasteiger charge is -2.36. The van der Waals surface area contributed by atoms with Gasteiger partial charge in [0, 0.05) is 10.2 Å². The summed E-state index contributed by atoms with van der Waals surface area (Å²) in [7, 11) is 0. The Morgan fingerprint density at radius 2 is 1.32 bits per heavy atom. The summed E-state index contributed by atoms with van der Waals surface area (Å²) in [5.41, 5.74) is 3.87. The summed E-state index contributed by atoms with van der Waals surface area (Å²) in [6.45, 7) is 0. The zero-order valence-electron chi connectivity index (χ0n) is 21.8.